The standard InChI is InChI=1S/C21H20ClNO8/c1-29-18(27)9-16-21(28)23(10-17(25)26)14-7-6-11(22)8-13(14)19(31-16)12-4-3-5-15(24)20(12)30-2/h3-8,16,19,24H,9-10H2,1-2H3,(H,25,26). The summed E-state index contributed by atoms with van der Waals surface area (Å²) in [5.74, 6) is -2.74. The molecule has 164 valence electrons. The van der Waals surface area contributed by atoms with E-state index in [4.69, 9.17) is 21.1 Å². The Bertz CT molecular complexity index is 1020. The summed E-state index contributed by atoms with van der Waals surface area (Å²) in [5, 5.41) is 19.9. The van der Waals surface area contributed by atoms with Crippen LogP contribution in [-0.4, -0.2) is 54.9 Å². The van der Waals surface area contributed by atoms with Crippen LogP contribution in [0, 0.1) is 0 Å². The molecule has 9 nitrogen and oxygen atoms in total. The number of carboxylic acids is 1. The van der Waals surface area contributed by atoms with Gasteiger partial charge < -0.3 is 24.4 Å². The molecule has 0 saturated heterocycles. The van der Waals surface area contributed by atoms with Crippen LogP contribution in [-0.2, 0) is 23.9 Å². The van der Waals surface area contributed by atoms with Crippen LogP contribution in [0.5, 0.6) is 11.5 Å². The topological polar surface area (TPSA) is 123 Å². The van der Waals surface area contributed by atoms with Gasteiger partial charge in [0.2, 0.25) is 0 Å². The van der Waals surface area contributed by atoms with E-state index in [-0.39, 0.29) is 17.2 Å². The van der Waals surface area contributed by atoms with E-state index in [1.54, 1.807) is 12.1 Å². The van der Waals surface area contributed by atoms with Gasteiger partial charge in [0.05, 0.1) is 26.3 Å². The fraction of sp³-hybridized carbons (Fsp3) is 0.286. The lowest BCUT2D eigenvalue weighted by molar-refractivity contribution is -0.149. The summed E-state index contributed by atoms with van der Waals surface area (Å²) in [6.45, 7) is -0.654. The average molecular weight is 450 g/mol. The molecule has 1 aliphatic heterocycles. The van der Waals surface area contributed by atoms with Crippen LogP contribution in [0.4, 0.5) is 5.69 Å². The first kappa shape index (κ1) is 22.4. The van der Waals surface area contributed by atoms with Crippen LogP contribution in [0.2, 0.25) is 5.02 Å². The summed E-state index contributed by atoms with van der Waals surface area (Å²) in [6, 6.07) is 9.17. The molecule has 3 rings (SSSR count). The highest BCUT2D eigenvalue weighted by Crippen LogP contribution is 2.44. The van der Waals surface area contributed by atoms with Gasteiger partial charge in [-0.05, 0) is 24.3 Å². The van der Waals surface area contributed by atoms with Crippen molar-refractivity contribution >= 4 is 35.1 Å². The van der Waals surface area contributed by atoms with Crippen molar-refractivity contribution in [3.05, 3.63) is 52.5 Å². The van der Waals surface area contributed by atoms with Gasteiger partial charge in [-0.2, -0.15) is 0 Å². The molecule has 0 aliphatic carbocycles. The van der Waals surface area contributed by atoms with Crippen molar-refractivity contribution in [2.75, 3.05) is 25.7 Å². The molecule has 2 unspecified atom stereocenters. The number of carbonyl (C=O) groups is 3. The highest BCUT2D eigenvalue weighted by atomic mass is 35.5. The van der Waals surface area contributed by atoms with Gasteiger partial charge in [-0.15, -0.1) is 0 Å². The monoisotopic (exact) mass is 449 g/mol. The maximum atomic E-state index is 13.2. The highest BCUT2D eigenvalue weighted by molar-refractivity contribution is 6.30. The molecule has 2 atom stereocenters. The van der Waals surface area contributed by atoms with Crippen LogP contribution in [0.1, 0.15) is 23.7 Å². The Morgan fingerprint density at radius 1 is 1.19 bits per heavy atom. The Balaban J connectivity index is 2.24. The third-order valence-corrected chi connectivity index (χ3v) is 5.02. The van der Waals surface area contributed by atoms with Crippen LogP contribution < -0.4 is 9.64 Å². The molecule has 0 saturated carbocycles. The molecule has 0 radical (unpaired) electrons. The summed E-state index contributed by atoms with van der Waals surface area (Å²) in [6.07, 6.45) is -2.80. The summed E-state index contributed by atoms with van der Waals surface area (Å²) < 4.78 is 16.0. The predicted octanol–water partition coefficient (Wildman–Crippen LogP) is 2.52. The third-order valence-electron chi connectivity index (χ3n) is 4.79. The molecule has 0 aromatic heterocycles. The van der Waals surface area contributed by atoms with Crippen LogP contribution in [0.3, 0.4) is 0 Å². The number of hydrogen-bond donors (Lipinski definition) is 2. The average Bonchev–Trinajstić information content (AvgIpc) is 2.83. The lowest BCUT2D eigenvalue weighted by Gasteiger charge is -2.23. The van der Waals surface area contributed by atoms with Gasteiger partial charge in [-0.1, -0.05) is 23.7 Å². The number of carbonyl (C=O) groups excluding carboxylic acids is 2. The quantitative estimate of drug-likeness (QED) is 0.645. The lowest BCUT2D eigenvalue weighted by Crippen LogP contribution is -2.43. The minimum atomic E-state index is -1.35. The van der Waals surface area contributed by atoms with Gasteiger partial charge in [-0.3, -0.25) is 19.3 Å². The van der Waals surface area contributed by atoms with Crippen molar-refractivity contribution in [3.63, 3.8) is 0 Å². The highest BCUT2D eigenvalue weighted by Gasteiger charge is 2.39. The maximum absolute atomic E-state index is 13.2. The first-order valence-electron chi connectivity index (χ1n) is 9.17. The van der Waals surface area contributed by atoms with Crippen molar-refractivity contribution < 1.29 is 38.8 Å². The maximum Gasteiger partial charge on any atom is 0.323 e. The Labute approximate surface area is 182 Å². The zero-order chi connectivity index (χ0) is 22.7. The number of benzene rings is 2. The number of aromatic hydroxyl groups is 1. The second-order valence-corrected chi connectivity index (χ2v) is 7.14. The molecule has 2 aromatic carbocycles. The van der Waals surface area contributed by atoms with Gasteiger partial charge in [0.25, 0.3) is 5.91 Å². The number of esters is 1. The summed E-state index contributed by atoms with van der Waals surface area (Å²) >= 11 is 6.19. The van der Waals surface area contributed by atoms with Gasteiger partial charge in [-0.25, -0.2) is 0 Å². The molecular weight excluding hydrogens is 430 g/mol. The van der Waals surface area contributed by atoms with Crippen molar-refractivity contribution in [2.24, 2.45) is 0 Å². The van der Waals surface area contributed by atoms with Gasteiger partial charge >= 0.3 is 11.9 Å². The zero-order valence-electron chi connectivity index (χ0n) is 16.7. The number of para-hydroxylation sites is 1. The molecule has 10 heteroatoms. The lowest BCUT2D eigenvalue weighted by atomic mass is 9.98. The first-order valence-corrected chi connectivity index (χ1v) is 9.55. The molecule has 1 heterocycles. The molecule has 0 spiro atoms. The summed E-state index contributed by atoms with van der Waals surface area (Å²) in [5.41, 5.74) is 0.990. The minimum absolute atomic E-state index is 0.106. The van der Waals surface area contributed by atoms with E-state index < -0.39 is 43.0 Å². The second-order valence-electron chi connectivity index (χ2n) is 6.71. The summed E-state index contributed by atoms with van der Waals surface area (Å²) in [7, 11) is 2.53. The Morgan fingerprint density at radius 2 is 1.94 bits per heavy atom. The van der Waals surface area contributed by atoms with Crippen molar-refractivity contribution in [2.45, 2.75) is 18.6 Å². The number of halogens is 1. The fourth-order valence-corrected chi connectivity index (χ4v) is 3.63. The Hall–Kier alpha value is -3.30. The molecule has 31 heavy (non-hydrogen) atoms. The molecular formula is C21H20ClNO8. The number of hydrogen-bond acceptors (Lipinski definition) is 7. The smallest absolute Gasteiger partial charge is 0.323 e. The largest absolute Gasteiger partial charge is 0.504 e. The molecule has 2 aromatic rings. The van der Waals surface area contributed by atoms with Crippen molar-refractivity contribution in [1.29, 1.82) is 0 Å². The number of fused-ring (bicyclic) bond motifs is 1. The first-order chi connectivity index (χ1) is 14.8. The van der Waals surface area contributed by atoms with Crippen molar-refractivity contribution in [3.8, 4) is 11.5 Å². The number of anilines is 1. The van der Waals surface area contributed by atoms with E-state index in [0.29, 0.717) is 16.1 Å². The fourth-order valence-electron chi connectivity index (χ4n) is 3.45. The number of methoxy groups -OCH3 is 2. The molecule has 2 N–H and O–H groups in total. The van der Waals surface area contributed by atoms with E-state index in [0.717, 1.165) is 4.90 Å². The van der Waals surface area contributed by atoms with Gasteiger partial charge in [0, 0.05) is 16.1 Å². The number of carboxylic acid groups (broad SMARTS) is 1. The van der Waals surface area contributed by atoms with E-state index in [9.17, 15) is 24.6 Å². The Morgan fingerprint density at radius 3 is 2.58 bits per heavy atom. The van der Waals surface area contributed by atoms with Gasteiger partial charge in [0.15, 0.2) is 11.5 Å². The normalized spacial score (nSPS) is 18.2. The number of aliphatic carboxylic acids is 1. The predicted molar refractivity (Wildman–Crippen MR) is 109 cm³/mol. The Kier molecular flexibility index (Phi) is 6.67. The molecule has 0 bridgehead atoms. The third kappa shape index (κ3) is 4.57. The minimum Gasteiger partial charge on any atom is -0.504 e. The van der Waals surface area contributed by atoms with E-state index >= 15 is 0 Å². The van der Waals surface area contributed by atoms with Crippen LogP contribution >= 0.6 is 11.6 Å². The molecule has 0 fully saturated rings. The number of phenols is 1. The summed E-state index contributed by atoms with van der Waals surface area (Å²) in [4.78, 5) is 37.6. The molecule has 1 amide bonds. The van der Waals surface area contributed by atoms with Gasteiger partial charge in [0.1, 0.15) is 18.8 Å². The number of nitrogens with zero attached hydrogens (tertiary/aromatic N) is 1. The van der Waals surface area contributed by atoms with E-state index in [1.165, 1.54) is 38.5 Å². The number of amides is 1. The van der Waals surface area contributed by atoms with Crippen molar-refractivity contribution in [1.82, 2.24) is 0 Å². The van der Waals surface area contributed by atoms with E-state index in [1.807, 2.05) is 0 Å². The number of ether oxygens (including phenoxy) is 3. The van der Waals surface area contributed by atoms with Crippen LogP contribution in [0.15, 0.2) is 36.4 Å². The van der Waals surface area contributed by atoms with Crippen LogP contribution in [0.25, 0.3) is 0 Å². The number of phenolic OH excluding ortho intramolecular Hbond substituents is 1. The number of rotatable bonds is 6. The zero-order valence-corrected chi connectivity index (χ0v) is 17.5. The van der Waals surface area contributed by atoms with E-state index in [2.05, 4.69) is 4.74 Å². The molecule has 1 aliphatic rings. The second kappa shape index (κ2) is 9.23. The SMILES string of the molecule is COC(=O)CC1OC(c2cccc(O)c2OC)c2cc(Cl)ccc2N(CC(=O)O)C1=O.